The van der Waals surface area contributed by atoms with Crippen LogP contribution in [0.5, 0.6) is 0 Å². The number of nitrogens with zero attached hydrogens (tertiary/aromatic N) is 1. The van der Waals surface area contributed by atoms with Crippen molar-refractivity contribution in [1.82, 2.24) is 5.32 Å². The summed E-state index contributed by atoms with van der Waals surface area (Å²) in [5.74, 6) is 0.889. The molecule has 1 aliphatic rings. The molecule has 1 aromatic rings. The molecule has 0 bridgehead atoms. The van der Waals surface area contributed by atoms with E-state index in [4.69, 9.17) is 0 Å². The molecule has 19 heavy (non-hydrogen) atoms. The lowest BCUT2D eigenvalue weighted by atomic mass is 9.95. The van der Waals surface area contributed by atoms with Gasteiger partial charge in [-0.3, -0.25) is 0 Å². The van der Waals surface area contributed by atoms with Crippen LogP contribution in [0.4, 0.5) is 5.69 Å². The second-order valence-electron chi connectivity index (χ2n) is 5.71. The van der Waals surface area contributed by atoms with Crippen molar-refractivity contribution >= 4 is 5.69 Å². The molecule has 0 aromatic heterocycles. The van der Waals surface area contributed by atoms with Crippen molar-refractivity contribution in [3.05, 3.63) is 29.8 Å². The number of nitrogens with one attached hydrogen (secondary N) is 1. The summed E-state index contributed by atoms with van der Waals surface area (Å²) in [6.07, 6.45) is 5.27. The first-order chi connectivity index (χ1) is 9.33. The standard InChI is InChI=1S/C17H28N2/c1-3-11-18-13-16-7-9-17(10-8-16)19-12-5-6-15(4-2)14-19/h7-10,15,18H,3-6,11-14H2,1-2H3. The van der Waals surface area contributed by atoms with Crippen LogP contribution in [0.2, 0.25) is 0 Å². The smallest absolute Gasteiger partial charge is 0.0366 e. The van der Waals surface area contributed by atoms with Crippen LogP contribution in [-0.4, -0.2) is 19.6 Å². The van der Waals surface area contributed by atoms with Gasteiger partial charge in [0, 0.05) is 25.3 Å². The molecular weight excluding hydrogens is 232 g/mol. The predicted octanol–water partition coefficient (Wildman–Crippen LogP) is 3.81. The van der Waals surface area contributed by atoms with Crippen LogP contribution in [0.1, 0.15) is 45.1 Å². The van der Waals surface area contributed by atoms with Crippen LogP contribution in [0.3, 0.4) is 0 Å². The zero-order valence-corrected chi connectivity index (χ0v) is 12.5. The highest BCUT2D eigenvalue weighted by Gasteiger charge is 2.18. The highest BCUT2D eigenvalue weighted by Crippen LogP contribution is 2.25. The number of hydrogen-bond donors (Lipinski definition) is 1. The number of anilines is 1. The molecule has 1 fully saturated rings. The van der Waals surface area contributed by atoms with Gasteiger partial charge in [-0.2, -0.15) is 0 Å². The highest BCUT2D eigenvalue weighted by molar-refractivity contribution is 5.48. The molecule has 1 aromatic carbocycles. The number of benzene rings is 1. The van der Waals surface area contributed by atoms with E-state index in [1.54, 1.807) is 0 Å². The van der Waals surface area contributed by atoms with E-state index < -0.39 is 0 Å². The summed E-state index contributed by atoms with van der Waals surface area (Å²) in [7, 11) is 0. The quantitative estimate of drug-likeness (QED) is 0.782. The molecule has 1 N–H and O–H groups in total. The SMILES string of the molecule is CCCNCc1ccc(N2CCCC(CC)C2)cc1. The van der Waals surface area contributed by atoms with Crippen molar-refractivity contribution in [3.8, 4) is 0 Å². The van der Waals surface area contributed by atoms with Crippen LogP contribution < -0.4 is 10.2 Å². The van der Waals surface area contributed by atoms with Crippen molar-refractivity contribution in [3.63, 3.8) is 0 Å². The average Bonchev–Trinajstić information content (AvgIpc) is 2.48. The first kappa shape index (κ1) is 14.4. The topological polar surface area (TPSA) is 15.3 Å². The third kappa shape index (κ3) is 4.24. The fourth-order valence-electron chi connectivity index (χ4n) is 2.87. The minimum Gasteiger partial charge on any atom is -0.371 e. The highest BCUT2D eigenvalue weighted by atomic mass is 15.1. The van der Waals surface area contributed by atoms with Crippen molar-refractivity contribution in [2.24, 2.45) is 5.92 Å². The molecule has 1 aliphatic heterocycles. The van der Waals surface area contributed by atoms with E-state index in [1.165, 1.54) is 50.0 Å². The molecule has 106 valence electrons. The third-order valence-electron chi connectivity index (χ3n) is 4.15. The van der Waals surface area contributed by atoms with Crippen molar-refractivity contribution in [2.75, 3.05) is 24.5 Å². The minimum atomic E-state index is 0.889. The molecule has 2 nitrogen and oxygen atoms in total. The van der Waals surface area contributed by atoms with Crippen LogP contribution in [0.15, 0.2) is 24.3 Å². The van der Waals surface area contributed by atoms with Crippen molar-refractivity contribution in [1.29, 1.82) is 0 Å². The van der Waals surface area contributed by atoms with Crippen molar-refractivity contribution < 1.29 is 0 Å². The van der Waals surface area contributed by atoms with E-state index in [9.17, 15) is 0 Å². The summed E-state index contributed by atoms with van der Waals surface area (Å²) < 4.78 is 0. The van der Waals surface area contributed by atoms with E-state index in [0.29, 0.717) is 0 Å². The lowest BCUT2D eigenvalue weighted by Gasteiger charge is -2.34. The number of piperidine rings is 1. The Bertz CT molecular complexity index is 358. The average molecular weight is 260 g/mol. The van der Waals surface area contributed by atoms with Gasteiger partial charge in [-0.15, -0.1) is 0 Å². The Labute approximate surface area is 118 Å². The maximum absolute atomic E-state index is 3.45. The summed E-state index contributed by atoms with van der Waals surface area (Å²) >= 11 is 0. The van der Waals surface area contributed by atoms with Crippen LogP contribution >= 0.6 is 0 Å². The second-order valence-corrected chi connectivity index (χ2v) is 5.71. The molecule has 1 heterocycles. The Morgan fingerprint density at radius 3 is 2.68 bits per heavy atom. The molecule has 2 heteroatoms. The molecule has 0 aliphatic carbocycles. The van der Waals surface area contributed by atoms with Gasteiger partial charge in [0.15, 0.2) is 0 Å². The number of rotatable bonds is 6. The van der Waals surface area contributed by atoms with Crippen LogP contribution in [-0.2, 0) is 6.54 Å². The van der Waals surface area contributed by atoms with Gasteiger partial charge in [0.25, 0.3) is 0 Å². The van der Waals surface area contributed by atoms with E-state index in [0.717, 1.165) is 19.0 Å². The summed E-state index contributed by atoms with van der Waals surface area (Å²) in [5, 5.41) is 3.45. The lowest BCUT2D eigenvalue weighted by molar-refractivity contribution is 0.405. The fraction of sp³-hybridized carbons (Fsp3) is 0.647. The molecule has 0 radical (unpaired) electrons. The minimum absolute atomic E-state index is 0.889. The maximum Gasteiger partial charge on any atom is 0.0366 e. The summed E-state index contributed by atoms with van der Waals surface area (Å²) in [4.78, 5) is 2.56. The lowest BCUT2D eigenvalue weighted by Crippen LogP contribution is -2.35. The first-order valence-corrected chi connectivity index (χ1v) is 7.88. The van der Waals surface area contributed by atoms with E-state index >= 15 is 0 Å². The van der Waals surface area contributed by atoms with E-state index in [1.807, 2.05) is 0 Å². The van der Waals surface area contributed by atoms with Crippen LogP contribution in [0, 0.1) is 5.92 Å². The van der Waals surface area contributed by atoms with Crippen molar-refractivity contribution in [2.45, 2.75) is 46.1 Å². The number of hydrogen-bond acceptors (Lipinski definition) is 2. The Kier molecular flexibility index (Phi) is 5.71. The summed E-state index contributed by atoms with van der Waals surface area (Å²) in [6, 6.07) is 9.13. The molecule has 0 amide bonds. The predicted molar refractivity (Wildman–Crippen MR) is 83.7 cm³/mol. The Morgan fingerprint density at radius 2 is 2.00 bits per heavy atom. The van der Waals surface area contributed by atoms with Gasteiger partial charge >= 0.3 is 0 Å². The monoisotopic (exact) mass is 260 g/mol. The van der Waals surface area contributed by atoms with Gasteiger partial charge in [-0.05, 0) is 49.4 Å². The molecular formula is C17H28N2. The Hall–Kier alpha value is -1.02. The van der Waals surface area contributed by atoms with Crippen LogP contribution in [0.25, 0.3) is 0 Å². The first-order valence-electron chi connectivity index (χ1n) is 7.88. The molecule has 0 spiro atoms. The molecule has 1 unspecified atom stereocenters. The summed E-state index contributed by atoms with van der Waals surface area (Å²) in [5.41, 5.74) is 2.79. The molecule has 1 atom stereocenters. The summed E-state index contributed by atoms with van der Waals surface area (Å²) in [6.45, 7) is 9.08. The van der Waals surface area contributed by atoms with Gasteiger partial charge in [0.05, 0.1) is 0 Å². The maximum atomic E-state index is 3.45. The Balaban J connectivity index is 1.90. The molecule has 0 saturated carbocycles. The zero-order chi connectivity index (χ0) is 13.5. The molecule has 2 rings (SSSR count). The van der Waals surface area contributed by atoms with E-state index in [2.05, 4.69) is 48.3 Å². The second kappa shape index (κ2) is 7.54. The zero-order valence-electron chi connectivity index (χ0n) is 12.5. The Morgan fingerprint density at radius 1 is 1.21 bits per heavy atom. The van der Waals surface area contributed by atoms with Gasteiger partial charge in [-0.1, -0.05) is 32.4 Å². The fourth-order valence-corrected chi connectivity index (χ4v) is 2.87. The van der Waals surface area contributed by atoms with Gasteiger partial charge in [0.2, 0.25) is 0 Å². The van der Waals surface area contributed by atoms with Gasteiger partial charge in [0.1, 0.15) is 0 Å². The molecule has 1 saturated heterocycles. The van der Waals surface area contributed by atoms with Gasteiger partial charge < -0.3 is 10.2 Å². The van der Waals surface area contributed by atoms with Gasteiger partial charge in [-0.25, -0.2) is 0 Å². The largest absolute Gasteiger partial charge is 0.371 e. The van der Waals surface area contributed by atoms with E-state index in [-0.39, 0.29) is 0 Å². The third-order valence-corrected chi connectivity index (χ3v) is 4.15. The normalized spacial score (nSPS) is 19.7.